The number of carbonyl (C=O) groups excluding carboxylic acids is 1. The number of rotatable bonds is 4. The number of aromatic nitrogens is 2. The van der Waals surface area contributed by atoms with Crippen LogP contribution in [0.4, 0.5) is 5.82 Å². The van der Waals surface area contributed by atoms with Crippen molar-refractivity contribution in [2.24, 2.45) is 0 Å². The van der Waals surface area contributed by atoms with Crippen molar-refractivity contribution in [2.75, 3.05) is 18.5 Å². The first-order valence-corrected chi connectivity index (χ1v) is 4.97. The van der Waals surface area contributed by atoms with Gasteiger partial charge in [-0.1, -0.05) is 11.6 Å². The smallest absolute Gasteiger partial charge is 0.325 e. The van der Waals surface area contributed by atoms with E-state index < -0.39 is 0 Å². The van der Waals surface area contributed by atoms with Crippen molar-refractivity contribution in [3.05, 3.63) is 16.5 Å². The van der Waals surface area contributed by atoms with E-state index in [0.29, 0.717) is 12.4 Å². The summed E-state index contributed by atoms with van der Waals surface area (Å²) in [5.41, 5.74) is 0. The van der Waals surface area contributed by atoms with Crippen LogP contribution in [-0.4, -0.2) is 29.1 Å². The van der Waals surface area contributed by atoms with Gasteiger partial charge in [-0.3, -0.25) is 4.79 Å². The molecule has 0 aromatic carbocycles. The van der Waals surface area contributed by atoms with Gasteiger partial charge in [0.15, 0.2) is 0 Å². The van der Waals surface area contributed by atoms with Gasteiger partial charge in [-0.25, -0.2) is 9.97 Å². The van der Waals surface area contributed by atoms with E-state index in [1.165, 1.54) is 6.07 Å². The second-order valence-electron chi connectivity index (χ2n) is 2.50. The van der Waals surface area contributed by atoms with Crippen LogP contribution in [0.15, 0.2) is 6.07 Å². The van der Waals surface area contributed by atoms with Crippen LogP contribution in [0, 0.1) is 0 Å². The molecule has 0 aliphatic rings. The molecule has 0 bridgehead atoms. The fourth-order valence-electron chi connectivity index (χ4n) is 0.855. The molecule has 0 fully saturated rings. The highest BCUT2D eigenvalue weighted by Gasteiger charge is 2.04. The molecular weight excluding hydrogens is 241 g/mol. The van der Waals surface area contributed by atoms with E-state index in [2.05, 4.69) is 15.3 Å². The monoisotopic (exact) mass is 249 g/mol. The number of carbonyl (C=O) groups is 1. The summed E-state index contributed by atoms with van der Waals surface area (Å²) in [5.74, 6) is 0.0106. The summed E-state index contributed by atoms with van der Waals surface area (Å²) in [6.07, 6.45) is 0. The summed E-state index contributed by atoms with van der Waals surface area (Å²) in [7, 11) is 0. The normalized spacial score (nSPS) is 9.80. The number of nitrogens with one attached hydrogen (secondary N) is 1. The maximum atomic E-state index is 11.0. The van der Waals surface area contributed by atoms with Gasteiger partial charge in [-0.05, 0) is 18.5 Å². The predicted molar refractivity (Wildman–Crippen MR) is 57.2 cm³/mol. The summed E-state index contributed by atoms with van der Waals surface area (Å²) < 4.78 is 4.71. The SMILES string of the molecule is CCOC(=O)CNc1cc(Cl)nc(Cl)n1. The average molecular weight is 250 g/mol. The Balaban J connectivity index is 2.54. The highest BCUT2D eigenvalue weighted by Crippen LogP contribution is 2.13. The third-order valence-electron chi connectivity index (χ3n) is 1.39. The number of ether oxygens (including phenoxy) is 1. The lowest BCUT2D eigenvalue weighted by molar-refractivity contribution is -0.140. The molecule has 0 aliphatic carbocycles. The van der Waals surface area contributed by atoms with E-state index in [0.717, 1.165) is 0 Å². The summed E-state index contributed by atoms with van der Waals surface area (Å²) in [4.78, 5) is 18.5. The van der Waals surface area contributed by atoms with Gasteiger partial charge < -0.3 is 10.1 Å². The van der Waals surface area contributed by atoms with Gasteiger partial charge >= 0.3 is 5.97 Å². The van der Waals surface area contributed by atoms with E-state index in [1.54, 1.807) is 6.92 Å². The first kappa shape index (κ1) is 12.0. The van der Waals surface area contributed by atoms with E-state index in [9.17, 15) is 4.79 Å². The molecule has 1 aromatic heterocycles. The molecule has 0 amide bonds. The van der Waals surface area contributed by atoms with Crippen LogP contribution in [0.2, 0.25) is 10.4 Å². The number of hydrogen-bond donors (Lipinski definition) is 1. The van der Waals surface area contributed by atoms with Crippen LogP contribution in [0.3, 0.4) is 0 Å². The van der Waals surface area contributed by atoms with Crippen molar-refractivity contribution in [1.82, 2.24) is 9.97 Å². The Morgan fingerprint density at radius 2 is 2.27 bits per heavy atom. The second-order valence-corrected chi connectivity index (χ2v) is 3.23. The van der Waals surface area contributed by atoms with Gasteiger partial charge in [-0.2, -0.15) is 0 Å². The second kappa shape index (κ2) is 5.72. The van der Waals surface area contributed by atoms with Crippen LogP contribution in [0.1, 0.15) is 6.92 Å². The van der Waals surface area contributed by atoms with Crippen LogP contribution >= 0.6 is 23.2 Å². The van der Waals surface area contributed by atoms with Crippen LogP contribution in [0.25, 0.3) is 0 Å². The molecule has 1 N–H and O–H groups in total. The van der Waals surface area contributed by atoms with Gasteiger partial charge in [0.1, 0.15) is 17.5 Å². The molecule has 7 heteroatoms. The molecular formula is C8H9Cl2N3O2. The number of esters is 1. The Morgan fingerprint density at radius 3 is 2.87 bits per heavy atom. The lowest BCUT2D eigenvalue weighted by Crippen LogP contribution is -2.17. The Kier molecular flexibility index (Phi) is 4.58. The first-order chi connectivity index (χ1) is 7.11. The summed E-state index contributed by atoms with van der Waals surface area (Å²) in [6.45, 7) is 2.08. The highest BCUT2D eigenvalue weighted by molar-refractivity contribution is 6.32. The fraction of sp³-hybridized carbons (Fsp3) is 0.375. The number of anilines is 1. The van der Waals surface area contributed by atoms with Gasteiger partial charge in [-0.15, -0.1) is 0 Å². The Hall–Kier alpha value is -1.07. The topological polar surface area (TPSA) is 64.1 Å². The fourth-order valence-corrected chi connectivity index (χ4v) is 1.26. The minimum absolute atomic E-state index is 0.0114. The third-order valence-corrected chi connectivity index (χ3v) is 1.75. The molecule has 1 aromatic rings. The van der Waals surface area contributed by atoms with Gasteiger partial charge in [0, 0.05) is 6.07 Å². The molecule has 0 spiro atoms. The van der Waals surface area contributed by atoms with Crippen molar-refractivity contribution < 1.29 is 9.53 Å². The van der Waals surface area contributed by atoms with E-state index in [-0.39, 0.29) is 23.0 Å². The highest BCUT2D eigenvalue weighted by atomic mass is 35.5. The largest absolute Gasteiger partial charge is 0.465 e. The Bertz CT molecular complexity index is 339. The quantitative estimate of drug-likeness (QED) is 0.501. The minimum atomic E-state index is -0.372. The number of hydrogen-bond acceptors (Lipinski definition) is 5. The summed E-state index contributed by atoms with van der Waals surface area (Å²) in [6, 6.07) is 1.46. The lowest BCUT2D eigenvalue weighted by atomic mass is 10.5. The van der Waals surface area contributed by atoms with Crippen molar-refractivity contribution in [1.29, 1.82) is 0 Å². The molecule has 0 radical (unpaired) electrons. The number of halogens is 2. The standard InChI is InChI=1S/C8H9Cl2N3O2/c1-2-15-7(14)4-11-6-3-5(9)12-8(10)13-6/h3H,2,4H2,1H3,(H,11,12,13). The van der Waals surface area contributed by atoms with Crippen molar-refractivity contribution >= 4 is 35.0 Å². The Labute approximate surface area is 96.8 Å². The zero-order chi connectivity index (χ0) is 11.3. The average Bonchev–Trinajstić information content (AvgIpc) is 2.14. The van der Waals surface area contributed by atoms with E-state index in [4.69, 9.17) is 27.9 Å². The molecule has 0 aliphatic heterocycles. The zero-order valence-corrected chi connectivity index (χ0v) is 9.47. The van der Waals surface area contributed by atoms with Gasteiger partial charge in [0.25, 0.3) is 0 Å². The maximum absolute atomic E-state index is 11.0. The van der Waals surface area contributed by atoms with Crippen LogP contribution in [0.5, 0.6) is 0 Å². The zero-order valence-electron chi connectivity index (χ0n) is 7.96. The molecule has 0 atom stereocenters. The van der Waals surface area contributed by atoms with Crippen molar-refractivity contribution in [2.45, 2.75) is 6.92 Å². The lowest BCUT2D eigenvalue weighted by Gasteiger charge is -2.05. The number of nitrogens with zero attached hydrogens (tertiary/aromatic N) is 2. The molecule has 0 saturated heterocycles. The minimum Gasteiger partial charge on any atom is -0.465 e. The van der Waals surface area contributed by atoms with Gasteiger partial charge in [0.2, 0.25) is 5.28 Å². The summed E-state index contributed by atoms with van der Waals surface area (Å²) in [5, 5.41) is 2.95. The third kappa shape index (κ3) is 4.31. The molecule has 1 rings (SSSR count). The molecule has 15 heavy (non-hydrogen) atoms. The molecule has 0 saturated carbocycles. The summed E-state index contributed by atoms with van der Waals surface area (Å²) >= 11 is 11.2. The van der Waals surface area contributed by atoms with Crippen LogP contribution < -0.4 is 5.32 Å². The van der Waals surface area contributed by atoms with Gasteiger partial charge in [0.05, 0.1) is 6.61 Å². The first-order valence-electron chi connectivity index (χ1n) is 4.21. The Morgan fingerprint density at radius 1 is 1.53 bits per heavy atom. The van der Waals surface area contributed by atoms with Crippen molar-refractivity contribution in [3.8, 4) is 0 Å². The molecule has 5 nitrogen and oxygen atoms in total. The molecule has 82 valence electrons. The van der Waals surface area contributed by atoms with E-state index in [1.807, 2.05) is 0 Å². The maximum Gasteiger partial charge on any atom is 0.325 e. The predicted octanol–water partition coefficient (Wildman–Crippen LogP) is 1.76. The van der Waals surface area contributed by atoms with Crippen LogP contribution in [-0.2, 0) is 9.53 Å². The molecule has 0 unspecified atom stereocenters. The van der Waals surface area contributed by atoms with Crippen molar-refractivity contribution in [3.63, 3.8) is 0 Å². The van der Waals surface area contributed by atoms with E-state index >= 15 is 0 Å². The molecule has 1 heterocycles.